The molecule has 0 atom stereocenters. The van der Waals surface area contributed by atoms with Crippen molar-refractivity contribution in [2.24, 2.45) is 9.98 Å². The first-order valence-electron chi connectivity index (χ1n) is 19.6. The van der Waals surface area contributed by atoms with Crippen molar-refractivity contribution in [3.8, 4) is 22.3 Å². The van der Waals surface area contributed by atoms with Crippen LogP contribution in [0.25, 0.3) is 60.5 Å². The molecule has 1 aliphatic heterocycles. The third-order valence-electron chi connectivity index (χ3n) is 12.3. The van der Waals surface area contributed by atoms with Crippen LogP contribution in [-0.2, 0) is 5.41 Å². The summed E-state index contributed by atoms with van der Waals surface area (Å²) in [4.78, 5) is 11.0. The highest BCUT2D eigenvalue weighted by Crippen LogP contribution is 2.62. The number of nitrogens with zero attached hydrogens (tertiary/aromatic N) is 3. The molecule has 8 aromatic carbocycles. The minimum absolute atomic E-state index is 0.448. The Morgan fingerprint density at radius 3 is 1.68 bits per heavy atom. The van der Waals surface area contributed by atoms with Crippen molar-refractivity contribution in [3.05, 3.63) is 221 Å². The molecule has 3 heteroatoms. The van der Waals surface area contributed by atoms with Gasteiger partial charge in [-0.3, -0.25) is 4.57 Å². The van der Waals surface area contributed by atoms with Crippen LogP contribution >= 0.6 is 0 Å². The predicted molar refractivity (Wildman–Crippen MR) is 233 cm³/mol. The van der Waals surface area contributed by atoms with Crippen molar-refractivity contribution in [2.45, 2.75) is 18.3 Å². The quantitative estimate of drug-likeness (QED) is 0.171. The van der Waals surface area contributed by atoms with Crippen molar-refractivity contribution in [2.75, 3.05) is 0 Å². The van der Waals surface area contributed by atoms with E-state index in [2.05, 4.69) is 193 Å². The lowest BCUT2D eigenvalue weighted by molar-refractivity contribution is 0.773. The van der Waals surface area contributed by atoms with Crippen molar-refractivity contribution in [1.29, 1.82) is 0 Å². The first kappa shape index (κ1) is 31.3. The standard InChI is InChI=1S/C53H35N3/c1-3-17-34(18-4-1)46-30-16-31-47(35-19-5-2-6-20-35)55-52(54-46)56-48-32-14-10-24-39(48)51-40-25-15-29-45-50(40)41(33-49(51)56)38-23-9-13-28-44(38)53(45)42-26-11-7-21-36(42)37-22-8-12-27-43(37)53/h1-15,17-30,32-33H,16,31H2/b46-30-,54-52+,55-47+. The summed E-state index contributed by atoms with van der Waals surface area (Å²) in [5.41, 5.74) is 16.4. The van der Waals surface area contributed by atoms with Gasteiger partial charge in [0, 0.05) is 10.8 Å². The van der Waals surface area contributed by atoms with Crippen LogP contribution in [0.4, 0.5) is 0 Å². The van der Waals surface area contributed by atoms with E-state index in [-0.39, 0.29) is 0 Å². The van der Waals surface area contributed by atoms with Gasteiger partial charge in [0.05, 0.1) is 27.9 Å². The van der Waals surface area contributed by atoms with Crippen LogP contribution in [0.3, 0.4) is 0 Å². The second kappa shape index (κ2) is 11.9. The van der Waals surface area contributed by atoms with Gasteiger partial charge in [0.1, 0.15) is 0 Å². The van der Waals surface area contributed by atoms with E-state index in [1.54, 1.807) is 0 Å². The zero-order valence-corrected chi connectivity index (χ0v) is 30.7. The van der Waals surface area contributed by atoms with E-state index >= 15 is 0 Å². The minimum Gasteiger partial charge on any atom is -0.278 e. The van der Waals surface area contributed by atoms with Gasteiger partial charge in [-0.2, -0.15) is 0 Å². The molecule has 1 spiro atoms. The number of allylic oxidation sites excluding steroid dienone is 1. The SMILES string of the molecule is C1=C(c2ccccc2)/N=C(n2c3ccccc3c3c4cccc5c4c(cc32)-c2ccccc2C52c3ccccc3-c3ccccc32)\N=C(\c2ccccc2)CC\1. The molecule has 3 nitrogen and oxygen atoms in total. The van der Waals surface area contributed by atoms with Crippen molar-refractivity contribution >= 4 is 49.9 Å². The molecule has 0 N–H and O–H groups in total. The molecular formula is C53H35N3. The summed E-state index contributed by atoms with van der Waals surface area (Å²) in [6, 6.07) is 66.6. The molecule has 0 bridgehead atoms. The summed E-state index contributed by atoms with van der Waals surface area (Å²) in [6.07, 6.45) is 3.94. The molecule has 9 aromatic rings. The molecule has 56 heavy (non-hydrogen) atoms. The Kier molecular flexibility index (Phi) is 6.67. The Labute approximate surface area is 325 Å². The van der Waals surface area contributed by atoms with Crippen LogP contribution in [0.5, 0.6) is 0 Å². The van der Waals surface area contributed by atoms with Crippen LogP contribution in [0.2, 0.25) is 0 Å². The molecule has 0 saturated carbocycles. The van der Waals surface area contributed by atoms with Gasteiger partial charge in [0.25, 0.3) is 0 Å². The summed E-state index contributed by atoms with van der Waals surface area (Å²) in [6.45, 7) is 0. The summed E-state index contributed by atoms with van der Waals surface area (Å²) in [7, 11) is 0. The van der Waals surface area contributed by atoms with E-state index in [1.807, 2.05) is 0 Å². The minimum atomic E-state index is -0.448. The largest absolute Gasteiger partial charge is 0.278 e. The van der Waals surface area contributed by atoms with E-state index in [9.17, 15) is 0 Å². The highest BCUT2D eigenvalue weighted by Gasteiger charge is 2.50. The monoisotopic (exact) mass is 713 g/mol. The summed E-state index contributed by atoms with van der Waals surface area (Å²) in [5, 5.41) is 4.98. The summed E-state index contributed by atoms with van der Waals surface area (Å²) < 4.78 is 2.32. The number of rotatable bonds is 2. The highest BCUT2D eigenvalue weighted by atomic mass is 15.2. The number of para-hydroxylation sites is 1. The zero-order chi connectivity index (χ0) is 36.8. The molecular weight excluding hydrogens is 679 g/mol. The average molecular weight is 714 g/mol. The zero-order valence-electron chi connectivity index (χ0n) is 30.7. The van der Waals surface area contributed by atoms with Gasteiger partial charge >= 0.3 is 0 Å². The van der Waals surface area contributed by atoms with Gasteiger partial charge in [-0.1, -0.05) is 176 Å². The second-order valence-electron chi connectivity index (χ2n) is 15.1. The van der Waals surface area contributed by atoms with Crippen LogP contribution in [0, 0.1) is 0 Å². The van der Waals surface area contributed by atoms with Crippen molar-refractivity contribution in [3.63, 3.8) is 0 Å². The third kappa shape index (κ3) is 4.23. The molecule has 2 aliphatic carbocycles. The smallest absolute Gasteiger partial charge is 0.235 e. The van der Waals surface area contributed by atoms with Gasteiger partial charge in [0.15, 0.2) is 0 Å². The predicted octanol–water partition coefficient (Wildman–Crippen LogP) is 12.8. The lowest BCUT2D eigenvalue weighted by atomic mass is 9.61. The molecule has 0 radical (unpaired) electrons. The number of benzene rings is 8. The Morgan fingerprint density at radius 1 is 0.429 bits per heavy atom. The van der Waals surface area contributed by atoms with E-state index < -0.39 is 5.41 Å². The van der Waals surface area contributed by atoms with Gasteiger partial charge in [-0.25, -0.2) is 9.98 Å². The second-order valence-corrected chi connectivity index (χ2v) is 15.1. The number of hydrogen-bond donors (Lipinski definition) is 0. The Morgan fingerprint density at radius 2 is 0.982 bits per heavy atom. The van der Waals surface area contributed by atoms with E-state index in [4.69, 9.17) is 9.98 Å². The molecule has 12 rings (SSSR count). The van der Waals surface area contributed by atoms with E-state index in [0.29, 0.717) is 5.96 Å². The Balaban J connectivity index is 1.22. The fourth-order valence-electron chi connectivity index (χ4n) is 10.1. The topological polar surface area (TPSA) is 29.6 Å². The summed E-state index contributed by atoms with van der Waals surface area (Å²) in [5.74, 6) is 0.673. The van der Waals surface area contributed by atoms with Gasteiger partial charge in [0.2, 0.25) is 5.96 Å². The Hall–Kier alpha value is -7.10. The fraction of sp³-hybridized carbons (Fsp3) is 0.0566. The van der Waals surface area contributed by atoms with Crippen molar-refractivity contribution < 1.29 is 0 Å². The lowest BCUT2D eigenvalue weighted by Gasteiger charge is -2.40. The molecule has 2 heterocycles. The number of aromatic nitrogens is 1. The van der Waals surface area contributed by atoms with E-state index in [0.717, 1.165) is 46.4 Å². The average Bonchev–Trinajstić information content (AvgIpc) is 3.74. The van der Waals surface area contributed by atoms with Crippen LogP contribution in [0.15, 0.2) is 198 Å². The van der Waals surface area contributed by atoms with Crippen LogP contribution in [0.1, 0.15) is 46.2 Å². The molecule has 0 saturated heterocycles. The molecule has 0 amide bonds. The number of hydrogen-bond acceptors (Lipinski definition) is 2. The molecule has 0 unspecified atom stereocenters. The van der Waals surface area contributed by atoms with Gasteiger partial charge in [-0.15, -0.1) is 0 Å². The number of aliphatic imine (C=N–C) groups is 2. The van der Waals surface area contributed by atoms with Crippen LogP contribution < -0.4 is 0 Å². The third-order valence-corrected chi connectivity index (χ3v) is 12.3. The highest BCUT2D eigenvalue weighted by molar-refractivity contribution is 6.28. The maximum absolute atomic E-state index is 5.53. The first-order valence-corrected chi connectivity index (χ1v) is 19.6. The van der Waals surface area contributed by atoms with Crippen LogP contribution in [-0.4, -0.2) is 16.2 Å². The van der Waals surface area contributed by atoms with Gasteiger partial charge < -0.3 is 0 Å². The maximum Gasteiger partial charge on any atom is 0.235 e. The first-order chi connectivity index (χ1) is 27.8. The maximum atomic E-state index is 5.53. The lowest BCUT2D eigenvalue weighted by Crippen LogP contribution is -2.31. The van der Waals surface area contributed by atoms with E-state index in [1.165, 1.54) is 66.1 Å². The molecule has 0 fully saturated rings. The molecule has 3 aliphatic rings. The molecule has 1 aromatic heterocycles. The van der Waals surface area contributed by atoms with Crippen molar-refractivity contribution in [1.82, 2.24) is 4.57 Å². The fourth-order valence-corrected chi connectivity index (χ4v) is 10.1. The number of fused-ring (bicyclic) bond motifs is 13. The normalized spacial score (nSPS) is 17.9. The molecule has 262 valence electrons. The Bertz CT molecular complexity index is 3130. The summed E-state index contributed by atoms with van der Waals surface area (Å²) >= 11 is 0. The van der Waals surface area contributed by atoms with Gasteiger partial charge in [-0.05, 0) is 91.4 Å².